The van der Waals surface area contributed by atoms with Gasteiger partial charge in [0.2, 0.25) is 0 Å². The largest absolute Gasteiger partial charge is 0.358 e. The predicted molar refractivity (Wildman–Crippen MR) is 75.5 cm³/mol. The first-order valence-electron chi connectivity index (χ1n) is 6.34. The van der Waals surface area contributed by atoms with Crippen molar-refractivity contribution in [3.05, 3.63) is 28.3 Å². The highest BCUT2D eigenvalue weighted by atomic mass is 32.2. The first-order chi connectivity index (χ1) is 9.90. The van der Waals surface area contributed by atoms with E-state index in [9.17, 15) is 13.2 Å². The number of hydrogen-bond donors (Lipinski definition) is 0. The summed E-state index contributed by atoms with van der Waals surface area (Å²) in [5.74, 6) is 0.638. The Balaban J connectivity index is 2.01. The Labute approximate surface area is 121 Å². The van der Waals surface area contributed by atoms with Gasteiger partial charge in [0.1, 0.15) is 11.5 Å². The molecule has 2 atom stereocenters. The van der Waals surface area contributed by atoms with Gasteiger partial charge in [0, 0.05) is 13.7 Å². The lowest BCUT2D eigenvalue weighted by Crippen LogP contribution is -2.37. The average molecular weight is 313 g/mol. The highest BCUT2D eigenvalue weighted by molar-refractivity contribution is 7.85. The van der Waals surface area contributed by atoms with Crippen LogP contribution < -0.4 is 10.5 Å². The summed E-state index contributed by atoms with van der Waals surface area (Å²) in [6, 6.07) is -0.401. The molecule has 3 heterocycles. The van der Waals surface area contributed by atoms with Crippen LogP contribution in [-0.4, -0.2) is 50.7 Å². The summed E-state index contributed by atoms with van der Waals surface area (Å²) >= 11 is 0. The topological polar surface area (TPSA) is 90.7 Å². The molecule has 2 aliphatic heterocycles. The van der Waals surface area contributed by atoms with Crippen LogP contribution in [0.3, 0.4) is 0 Å². The van der Waals surface area contributed by atoms with Crippen LogP contribution in [0.2, 0.25) is 0 Å². The van der Waals surface area contributed by atoms with Crippen LogP contribution in [0, 0.1) is 0 Å². The van der Waals surface area contributed by atoms with E-state index in [2.05, 4.69) is 4.98 Å². The molecule has 0 aromatic carbocycles. The van der Waals surface area contributed by atoms with E-state index in [1.807, 2.05) is 11.0 Å². The molecule has 1 aromatic heterocycles. The first-order valence-corrected chi connectivity index (χ1v) is 8.16. The second kappa shape index (κ2) is 4.93. The minimum atomic E-state index is -3.56. The molecular weight excluding hydrogens is 298 g/mol. The Morgan fingerprint density at radius 1 is 1.48 bits per heavy atom. The summed E-state index contributed by atoms with van der Waals surface area (Å²) in [7, 11) is -1.99. The third kappa shape index (κ3) is 2.47. The van der Waals surface area contributed by atoms with Gasteiger partial charge >= 0.3 is 0 Å². The molecule has 2 aliphatic rings. The van der Waals surface area contributed by atoms with Crippen molar-refractivity contribution in [1.82, 2.24) is 9.55 Å². The summed E-state index contributed by atoms with van der Waals surface area (Å²) in [6.45, 7) is 0.328. The maximum Gasteiger partial charge on any atom is 0.271 e. The van der Waals surface area contributed by atoms with Gasteiger partial charge in [-0.05, 0) is 12.2 Å². The van der Waals surface area contributed by atoms with E-state index in [0.29, 0.717) is 18.1 Å². The molecule has 0 saturated heterocycles. The number of rotatable bonds is 4. The van der Waals surface area contributed by atoms with Crippen molar-refractivity contribution >= 4 is 22.0 Å². The monoisotopic (exact) mass is 313 g/mol. The third-order valence-corrected chi connectivity index (χ3v) is 4.06. The summed E-state index contributed by atoms with van der Waals surface area (Å²) in [4.78, 5) is 18.1. The van der Waals surface area contributed by atoms with Crippen molar-refractivity contribution in [1.29, 1.82) is 0 Å². The molecule has 0 amide bonds. The first kappa shape index (κ1) is 14.2. The molecule has 0 radical (unpaired) electrons. The van der Waals surface area contributed by atoms with Gasteiger partial charge in [-0.15, -0.1) is 0 Å². The smallest absolute Gasteiger partial charge is 0.271 e. The normalized spacial score (nSPS) is 23.4. The second-order valence-electron chi connectivity index (χ2n) is 4.96. The van der Waals surface area contributed by atoms with E-state index in [1.54, 1.807) is 13.2 Å². The highest BCUT2D eigenvalue weighted by Gasteiger charge is 2.37. The summed E-state index contributed by atoms with van der Waals surface area (Å²) in [5, 5.41) is 0. The Hall–Kier alpha value is -1.71. The van der Waals surface area contributed by atoms with Crippen molar-refractivity contribution in [2.24, 2.45) is 0 Å². The van der Waals surface area contributed by atoms with Crippen molar-refractivity contribution in [3.63, 3.8) is 0 Å². The molecule has 0 N–H and O–H groups in total. The second-order valence-corrected chi connectivity index (χ2v) is 6.60. The van der Waals surface area contributed by atoms with Gasteiger partial charge in [-0.2, -0.15) is 8.42 Å². The number of anilines is 1. The molecule has 1 aromatic rings. The molecule has 1 unspecified atom stereocenters. The van der Waals surface area contributed by atoms with Gasteiger partial charge in [0.05, 0.1) is 25.1 Å². The van der Waals surface area contributed by atoms with Gasteiger partial charge in [0.25, 0.3) is 15.7 Å². The Kier molecular flexibility index (Phi) is 3.34. The molecule has 0 saturated carbocycles. The fraction of sp³-hybridized carbons (Fsp3) is 0.500. The molecule has 0 spiro atoms. The van der Waals surface area contributed by atoms with Gasteiger partial charge in [-0.1, -0.05) is 0 Å². The molecule has 0 bridgehead atoms. The maximum absolute atomic E-state index is 12.1. The lowest BCUT2D eigenvalue weighted by atomic mass is 10.2. The Bertz CT molecular complexity index is 755. The molecule has 0 aliphatic carbocycles. The van der Waals surface area contributed by atoms with Crippen molar-refractivity contribution in [2.75, 3.05) is 31.4 Å². The summed E-state index contributed by atoms with van der Waals surface area (Å²) in [6.07, 6.45) is 5.53. The number of methoxy groups -OCH3 is 1. The van der Waals surface area contributed by atoms with Crippen LogP contribution in [0.15, 0.2) is 17.1 Å². The van der Waals surface area contributed by atoms with E-state index >= 15 is 0 Å². The molecule has 3 rings (SSSR count). The van der Waals surface area contributed by atoms with Gasteiger partial charge < -0.3 is 9.64 Å². The van der Waals surface area contributed by atoms with Crippen LogP contribution in [0.1, 0.15) is 11.7 Å². The van der Waals surface area contributed by atoms with E-state index in [4.69, 9.17) is 8.92 Å². The van der Waals surface area contributed by atoms with E-state index in [0.717, 1.165) is 6.26 Å². The SMILES string of the molecule is COC1C=Cc2ncc(=O)n3c2N1C[C@H]3COS(C)(=O)=O. The van der Waals surface area contributed by atoms with Crippen LogP contribution in [0.4, 0.5) is 5.82 Å². The van der Waals surface area contributed by atoms with Crippen LogP contribution in [0.25, 0.3) is 6.08 Å². The summed E-state index contributed by atoms with van der Waals surface area (Å²) < 4.78 is 34.0. The fourth-order valence-corrected chi connectivity index (χ4v) is 3.06. The van der Waals surface area contributed by atoms with E-state index in [1.165, 1.54) is 10.8 Å². The number of aromatic nitrogens is 2. The van der Waals surface area contributed by atoms with Crippen LogP contribution in [0.5, 0.6) is 0 Å². The zero-order valence-corrected chi connectivity index (χ0v) is 12.4. The van der Waals surface area contributed by atoms with Gasteiger partial charge in [-0.25, -0.2) is 4.98 Å². The molecule has 0 fully saturated rings. The Morgan fingerprint density at radius 2 is 2.24 bits per heavy atom. The van der Waals surface area contributed by atoms with Crippen molar-refractivity contribution in [2.45, 2.75) is 12.3 Å². The van der Waals surface area contributed by atoms with Crippen molar-refractivity contribution < 1.29 is 17.3 Å². The zero-order chi connectivity index (χ0) is 15.2. The maximum atomic E-state index is 12.1. The predicted octanol–water partition coefficient (Wildman–Crippen LogP) is -0.420. The van der Waals surface area contributed by atoms with Crippen LogP contribution in [-0.2, 0) is 19.0 Å². The minimum Gasteiger partial charge on any atom is -0.358 e. The Morgan fingerprint density at radius 3 is 2.90 bits per heavy atom. The summed E-state index contributed by atoms with van der Waals surface area (Å²) in [5.41, 5.74) is 0.369. The van der Waals surface area contributed by atoms with Gasteiger partial charge in [0.15, 0.2) is 6.23 Å². The molecule has 114 valence electrons. The lowest BCUT2D eigenvalue weighted by molar-refractivity contribution is 0.136. The van der Waals surface area contributed by atoms with Gasteiger partial charge in [-0.3, -0.25) is 13.5 Å². The lowest BCUT2D eigenvalue weighted by Gasteiger charge is -2.29. The zero-order valence-electron chi connectivity index (χ0n) is 11.6. The van der Waals surface area contributed by atoms with Crippen molar-refractivity contribution in [3.8, 4) is 0 Å². The van der Waals surface area contributed by atoms with E-state index in [-0.39, 0.29) is 18.4 Å². The number of hydrogen-bond acceptors (Lipinski definition) is 7. The van der Waals surface area contributed by atoms with Crippen LogP contribution >= 0.6 is 0 Å². The molecule has 9 heteroatoms. The fourth-order valence-electron chi connectivity index (χ4n) is 2.66. The quantitative estimate of drug-likeness (QED) is 0.697. The number of ether oxygens (including phenoxy) is 1. The molecule has 8 nitrogen and oxygen atoms in total. The molecular formula is C12H15N3O5S. The van der Waals surface area contributed by atoms with E-state index < -0.39 is 16.2 Å². The number of nitrogens with zero attached hydrogens (tertiary/aromatic N) is 3. The highest BCUT2D eigenvalue weighted by Crippen LogP contribution is 2.35. The molecule has 21 heavy (non-hydrogen) atoms. The third-order valence-electron chi connectivity index (χ3n) is 3.50. The standard InChI is InChI=1S/C12H15N3O5S/c1-19-11-4-3-9-12-14(11)6-8(7-20-21(2,17)18)15(12)10(16)5-13-9/h3-5,8,11H,6-7H2,1-2H3/t8-,11?/m0/s1. The average Bonchev–Trinajstić information content (AvgIpc) is 2.81. The minimum absolute atomic E-state index is 0.0951.